The number of nitrogens with one attached hydrogen (secondary N) is 1. The molecule has 4 aromatic carbocycles. The number of rotatable bonds is 7. The van der Waals surface area contributed by atoms with E-state index in [9.17, 15) is 4.79 Å². The summed E-state index contributed by atoms with van der Waals surface area (Å²) in [7, 11) is 0. The Labute approximate surface area is 198 Å². The van der Waals surface area contributed by atoms with E-state index in [0.29, 0.717) is 34.3 Å². The zero-order chi connectivity index (χ0) is 23.5. The minimum atomic E-state index is -0.233. The van der Waals surface area contributed by atoms with Gasteiger partial charge in [-0.3, -0.25) is 4.79 Å². The maximum absolute atomic E-state index is 12.4. The minimum Gasteiger partial charge on any atom is -0.484 e. The van der Waals surface area contributed by atoms with Crippen molar-refractivity contribution in [1.82, 2.24) is 4.98 Å². The van der Waals surface area contributed by atoms with Crippen LogP contribution < -0.4 is 10.1 Å². The van der Waals surface area contributed by atoms with Crippen molar-refractivity contribution in [3.63, 3.8) is 0 Å². The van der Waals surface area contributed by atoms with Gasteiger partial charge in [-0.05, 0) is 65.1 Å². The van der Waals surface area contributed by atoms with Gasteiger partial charge in [-0.2, -0.15) is 0 Å². The molecule has 0 radical (unpaired) electrons. The highest BCUT2D eigenvalue weighted by atomic mass is 16.5. The number of hydrogen-bond acceptors (Lipinski definition) is 4. The summed E-state index contributed by atoms with van der Waals surface area (Å²) in [5, 5.41) is 5.09. The molecular weight excluding hydrogens is 424 g/mol. The van der Waals surface area contributed by atoms with Gasteiger partial charge in [0.15, 0.2) is 12.2 Å². The molecule has 0 saturated carbocycles. The zero-order valence-electron chi connectivity index (χ0n) is 19.2. The molecule has 1 atom stereocenters. The third-order valence-corrected chi connectivity index (χ3v) is 6.12. The van der Waals surface area contributed by atoms with Gasteiger partial charge in [0.25, 0.3) is 5.91 Å². The number of anilines is 1. The number of aromatic nitrogens is 1. The molecular formula is C29H26N2O3. The number of hydrogen-bond donors (Lipinski definition) is 1. The highest BCUT2D eigenvalue weighted by molar-refractivity contribution is 5.97. The molecule has 5 nitrogen and oxygen atoms in total. The van der Waals surface area contributed by atoms with Gasteiger partial charge in [0.05, 0.1) is 0 Å². The van der Waals surface area contributed by atoms with E-state index in [2.05, 4.69) is 42.3 Å². The van der Waals surface area contributed by atoms with E-state index < -0.39 is 0 Å². The van der Waals surface area contributed by atoms with E-state index in [1.165, 1.54) is 5.56 Å². The highest BCUT2D eigenvalue weighted by Gasteiger charge is 2.13. The molecule has 5 aromatic rings. The molecule has 5 heteroatoms. The molecule has 0 fully saturated rings. The second kappa shape index (κ2) is 9.40. The molecule has 170 valence electrons. The molecule has 5 rings (SSSR count). The first kappa shape index (κ1) is 21.7. The van der Waals surface area contributed by atoms with Crippen molar-refractivity contribution in [2.45, 2.75) is 26.2 Å². The molecule has 1 heterocycles. The zero-order valence-corrected chi connectivity index (χ0v) is 19.2. The summed E-state index contributed by atoms with van der Waals surface area (Å²) >= 11 is 0. The molecule has 0 saturated heterocycles. The third kappa shape index (κ3) is 4.50. The molecule has 0 unspecified atom stereocenters. The van der Waals surface area contributed by atoms with Crippen LogP contribution in [0.1, 0.15) is 31.7 Å². The number of ether oxygens (including phenoxy) is 1. The van der Waals surface area contributed by atoms with Crippen LogP contribution in [0.15, 0.2) is 89.3 Å². The highest BCUT2D eigenvalue weighted by Crippen LogP contribution is 2.31. The number of carbonyl (C=O) groups excluding carboxylic acids is 1. The van der Waals surface area contributed by atoms with Crippen molar-refractivity contribution in [3.8, 4) is 17.2 Å². The summed E-state index contributed by atoms with van der Waals surface area (Å²) < 4.78 is 11.7. The van der Waals surface area contributed by atoms with Gasteiger partial charge in [0.1, 0.15) is 11.3 Å². The van der Waals surface area contributed by atoms with Crippen molar-refractivity contribution in [1.29, 1.82) is 0 Å². The quantitative estimate of drug-likeness (QED) is 0.285. The normalized spacial score (nSPS) is 12.1. The summed E-state index contributed by atoms with van der Waals surface area (Å²) in [6.45, 7) is 4.29. The minimum absolute atomic E-state index is 0.0687. The Bertz CT molecular complexity index is 1450. The van der Waals surface area contributed by atoms with Crippen LogP contribution in [0.4, 0.5) is 5.69 Å². The smallest absolute Gasteiger partial charge is 0.262 e. The SMILES string of the molecule is CC[C@H](C)c1ccc(OCC(=O)Nc2ccc3oc(-c4cccc5ccccc45)nc3c2)cc1. The Morgan fingerprint density at radius 1 is 1.00 bits per heavy atom. The van der Waals surface area contributed by atoms with Crippen LogP contribution in [-0.2, 0) is 4.79 Å². The Balaban J connectivity index is 1.28. The lowest BCUT2D eigenvalue weighted by atomic mass is 9.99. The molecule has 0 spiro atoms. The van der Waals surface area contributed by atoms with Crippen molar-refractivity contribution in [2.75, 3.05) is 11.9 Å². The van der Waals surface area contributed by atoms with Crippen LogP contribution >= 0.6 is 0 Å². The first-order valence-corrected chi connectivity index (χ1v) is 11.5. The second-order valence-electron chi connectivity index (χ2n) is 8.44. The van der Waals surface area contributed by atoms with Gasteiger partial charge < -0.3 is 14.5 Å². The summed E-state index contributed by atoms with van der Waals surface area (Å²) in [4.78, 5) is 17.1. The fourth-order valence-corrected chi connectivity index (χ4v) is 4.01. The molecule has 0 aliphatic carbocycles. The lowest BCUT2D eigenvalue weighted by Gasteiger charge is -2.11. The van der Waals surface area contributed by atoms with Crippen LogP contribution in [-0.4, -0.2) is 17.5 Å². The fourth-order valence-electron chi connectivity index (χ4n) is 4.01. The Morgan fingerprint density at radius 3 is 2.62 bits per heavy atom. The number of oxazole rings is 1. The molecule has 34 heavy (non-hydrogen) atoms. The number of nitrogens with zero attached hydrogens (tertiary/aromatic N) is 1. The lowest BCUT2D eigenvalue weighted by molar-refractivity contribution is -0.118. The van der Waals surface area contributed by atoms with Crippen LogP contribution in [0.25, 0.3) is 33.3 Å². The maximum Gasteiger partial charge on any atom is 0.262 e. The van der Waals surface area contributed by atoms with Gasteiger partial charge in [-0.15, -0.1) is 0 Å². The van der Waals surface area contributed by atoms with Crippen molar-refractivity contribution < 1.29 is 13.9 Å². The lowest BCUT2D eigenvalue weighted by Crippen LogP contribution is -2.20. The standard InChI is InChI=1S/C29H26N2O3/c1-3-19(2)20-11-14-23(15-12-20)33-18-28(32)30-22-13-16-27-26(17-22)31-29(34-27)25-10-6-8-21-7-4-5-9-24(21)25/h4-17,19H,3,18H2,1-2H3,(H,30,32)/t19-/m0/s1. The van der Waals surface area contributed by atoms with E-state index >= 15 is 0 Å². The first-order valence-electron chi connectivity index (χ1n) is 11.5. The predicted octanol–water partition coefficient (Wildman–Crippen LogP) is 7.18. The summed E-state index contributed by atoms with van der Waals surface area (Å²) in [5.41, 5.74) is 4.20. The number of amides is 1. The molecule has 1 aromatic heterocycles. The van der Waals surface area contributed by atoms with Crippen LogP contribution in [0.3, 0.4) is 0 Å². The average molecular weight is 451 g/mol. The fraction of sp³-hybridized carbons (Fsp3) is 0.172. The van der Waals surface area contributed by atoms with Gasteiger partial charge in [-0.25, -0.2) is 4.98 Å². The van der Waals surface area contributed by atoms with Gasteiger partial charge in [0, 0.05) is 11.3 Å². The van der Waals surface area contributed by atoms with Gasteiger partial charge in [0.2, 0.25) is 5.89 Å². The van der Waals surface area contributed by atoms with E-state index in [1.807, 2.05) is 60.7 Å². The van der Waals surface area contributed by atoms with E-state index in [-0.39, 0.29) is 12.5 Å². The maximum atomic E-state index is 12.4. The Morgan fingerprint density at radius 2 is 1.79 bits per heavy atom. The largest absolute Gasteiger partial charge is 0.484 e. The van der Waals surface area contributed by atoms with Crippen molar-refractivity contribution in [3.05, 3.63) is 90.5 Å². The number of carbonyl (C=O) groups is 1. The Kier molecular flexibility index (Phi) is 6.00. The van der Waals surface area contributed by atoms with E-state index in [4.69, 9.17) is 9.15 Å². The summed E-state index contributed by atoms with van der Waals surface area (Å²) in [6, 6.07) is 27.6. The van der Waals surface area contributed by atoms with E-state index in [0.717, 1.165) is 22.8 Å². The van der Waals surface area contributed by atoms with Crippen molar-refractivity contribution >= 4 is 33.5 Å². The molecule has 0 bridgehead atoms. The average Bonchev–Trinajstić information content (AvgIpc) is 3.30. The van der Waals surface area contributed by atoms with Crippen LogP contribution in [0, 0.1) is 0 Å². The number of fused-ring (bicyclic) bond motifs is 2. The van der Waals surface area contributed by atoms with Crippen LogP contribution in [0.2, 0.25) is 0 Å². The predicted molar refractivity (Wildman–Crippen MR) is 136 cm³/mol. The monoisotopic (exact) mass is 450 g/mol. The summed E-state index contributed by atoms with van der Waals surface area (Å²) in [6.07, 6.45) is 1.09. The molecule has 0 aliphatic heterocycles. The molecule has 1 amide bonds. The first-order chi connectivity index (χ1) is 16.6. The summed E-state index contributed by atoms with van der Waals surface area (Å²) in [5.74, 6) is 1.50. The van der Waals surface area contributed by atoms with Crippen molar-refractivity contribution in [2.24, 2.45) is 0 Å². The topological polar surface area (TPSA) is 64.4 Å². The number of benzene rings is 4. The van der Waals surface area contributed by atoms with Gasteiger partial charge >= 0.3 is 0 Å². The van der Waals surface area contributed by atoms with E-state index in [1.54, 1.807) is 6.07 Å². The molecule has 0 aliphatic rings. The Hall–Kier alpha value is -4.12. The second-order valence-corrected chi connectivity index (χ2v) is 8.44. The molecule has 1 N–H and O–H groups in total. The van der Waals surface area contributed by atoms with Gasteiger partial charge in [-0.1, -0.05) is 62.4 Å². The van der Waals surface area contributed by atoms with Crippen LogP contribution in [0.5, 0.6) is 5.75 Å². The third-order valence-electron chi connectivity index (χ3n) is 6.12.